The normalized spacial score (nSPS) is 18.1. The summed E-state index contributed by atoms with van der Waals surface area (Å²) in [4.78, 5) is 32.8. The Labute approximate surface area is 230 Å². The molecule has 0 spiro atoms. The first kappa shape index (κ1) is 26.1. The van der Waals surface area contributed by atoms with Crippen molar-refractivity contribution in [1.29, 1.82) is 0 Å². The summed E-state index contributed by atoms with van der Waals surface area (Å²) in [5, 5.41) is 13.0. The molecule has 38 heavy (non-hydrogen) atoms. The van der Waals surface area contributed by atoms with Crippen LogP contribution in [0.25, 0.3) is 17.0 Å². The molecular formula is C29H28ClN3O4S. The molecule has 0 bridgehead atoms. The fraction of sp³-hybridized carbons (Fsp3) is 0.276. The van der Waals surface area contributed by atoms with Crippen molar-refractivity contribution in [3.05, 3.63) is 81.6 Å². The lowest BCUT2D eigenvalue weighted by Crippen LogP contribution is -2.37. The highest BCUT2D eigenvalue weighted by Gasteiger charge is 2.33. The third-order valence-electron chi connectivity index (χ3n) is 6.55. The van der Waals surface area contributed by atoms with Crippen LogP contribution in [0.3, 0.4) is 0 Å². The number of thioether (sulfide) groups is 1. The number of ether oxygens (including phenoxy) is 1. The number of carbonyl (C=O) groups excluding carboxylic acids is 2. The number of piperidine rings is 1. The van der Waals surface area contributed by atoms with Crippen LogP contribution >= 0.6 is 23.4 Å². The van der Waals surface area contributed by atoms with E-state index < -0.39 is 5.97 Å². The Balaban J connectivity index is 1.51. The number of hydrogen-bond acceptors (Lipinski definition) is 6. The number of nitrogens with zero attached hydrogens (tertiary/aromatic N) is 3. The lowest BCUT2D eigenvalue weighted by atomic mass is 10.1. The SMILES string of the molecule is CCOC(=O)C1=C(O)/C(=C/c2cn(CC(=O)N3CCCCC3)c3ccccc23)SC1=Nc1ccc(Cl)cc1. The quantitative estimate of drug-likeness (QED) is 0.355. The maximum absolute atomic E-state index is 13.0. The number of aliphatic imine (C=N–C) groups is 1. The monoisotopic (exact) mass is 549 g/mol. The number of fused-ring (bicyclic) bond motifs is 1. The number of rotatable bonds is 6. The van der Waals surface area contributed by atoms with E-state index in [1.54, 1.807) is 31.2 Å². The molecule has 2 aliphatic heterocycles. The molecule has 1 N–H and O–H groups in total. The third-order valence-corrected chi connectivity index (χ3v) is 7.82. The molecule has 0 aliphatic carbocycles. The molecule has 196 valence electrons. The van der Waals surface area contributed by atoms with Crippen molar-refractivity contribution >= 4 is 62.9 Å². The van der Waals surface area contributed by atoms with E-state index in [1.165, 1.54) is 18.2 Å². The lowest BCUT2D eigenvalue weighted by molar-refractivity contribution is -0.138. The van der Waals surface area contributed by atoms with Crippen LogP contribution in [0.1, 0.15) is 31.7 Å². The van der Waals surface area contributed by atoms with Crippen LogP contribution in [0.2, 0.25) is 5.02 Å². The van der Waals surface area contributed by atoms with E-state index in [9.17, 15) is 14.7 Å². The molecule has 0 radical (unpaired) electrons. The number of aromatic nitrogens is 1. The first-order valence-electron chi connectivity index (χ1n) is 12.6. The molecule has 1 aromatic heterocycles. The minimum absolute atomic E-state index is 0.0297. The van der Waals surface area contributed by atoms with E-state index in [4.69, 9.17) is 16.3 Å². The van der Waals surface area contributed by atoms with E-state index in [0.29, 0.717) is 20.7 Å². The number of amides is 1. The number of halogens is 1. The summed E-state index contributed by atoms with van der Waals surface area (Å²) in [6.07, 6.45) is 7.00. The number of benzene rings is 2. The second kappa shape index (κ2) is 11.5. The highest BCUT2D eigenvalue weighted by Crippen LogP contribution is 2.41. The van der Waals surface area contributed by atoms with Gasteiger partial charge in [-0.1, -0.05) is 41.6 Å². The number of aliphatic hydroxyl groups excluding tert-OH is 1. The molecular weight excluding hydrogens is 522 g/mol. The molecule has 5 rings (SSSR count). The molecule has 7 nitrogen and oxygen atoms in total. The van der Waals surface area contributed by atoms with Gasteiger partial charge in [-0.25, -0.2) is 9.79 Å². The minimum atomic E-state index is -0.636. The van der Waals surface area contributed by atoms with Crippen LogP contribution in [-0.2, 0) is 20.9 Å². The number of likely N-dealkylation sites (tertiary alicyclic amines) is 1. The van der Waals surface area contributed by atoms with Gasteiger partial charge in [0.1, 0.15) is 22.9 Å². The summed E-state index contributed by atoms with van der Waals surface area (Å²) >= 11 is 7.20. The van der Waals surface area contributed by atoms with Crippen LogP contribution in [0.15, 0.2) is 76.0 Å². The van der Waals surface area contributed by atoms with Gasteiger partial charge in [-0.3, -0.25) is 4.79 Å². The molecule has 2 aliphatic rings. The summed E-state index contributed by atoms with van der Waals surface area (Å²) in [5.74, 6) is -0.713. The van der Waals surface area contributed by atoms with Gasteiger partial charge in [0.05, 0.1) is 17.2 Å². The fourth-order valence-corrected chi connectivity index (χ4v) is 5.83. The number of esters is 1. The van der Waals surface area contributed by atoms with Gasteiger partial charge in [0, 0.05) is 40.8 Å². The van der Waals surface area contributed by atoms with Crippen molar-refractivity contribution in [3.8, 4) is 0 Å². The fourth-order valence-electron chi connectivity index (χ4n) is 4.68. The van der Waals surface area contributed by atoms with Gasteiger partial charge >= 0.3 is 5.97 Å². The standard InChI is InChI=1S/C29H28ClN3O4S/c1-2-37-29(36)26-27(35)24(38-28(26)31-21-12-10-20(30)11-13-21)16-19-17-33(23-9-5-4-8-22(19)23)18-25(34)32-14-6-3-7-15-32/h4-5,8-13,16-17,35H,2-3,6-7,14-15,18H2,1H3/b24-16-,31-28?. The van der Waals surface area contributed by atoms with Crippen molar-refractivity contribution < 1.29 is 19.4 Å². The first-order valence-corrected chi connectivity index (χ1v) is 13.8. The summed E-state index contributed by atoms with van der Waals surface area (Å²) < 4.78 is 7.16. The van der Waals surface area contributed by atoms with Gasteiger partial charge in [-0.15, -0.1) is 0 Å². The van der Waals surface area contributed by atoms with Crippen molar-refractivity contribution in [2.24, 2.45) is 4.99 Å². The molecule has 3 aromatic rings. The van der Waals surface area contributed by atoms with Gasteiger partial charge < -0.3 is 19.3 Å². The van der Waals surface area contributed by atoms with Crippen molar-refractivity contribution in [2.75, 3.05) is 19.7 Å². The van der Waals surface area contributed by atoms with Crippen molar-refractivity contribution in [2.45, 2.75) is 32.7 Å². The Morgan fingerprint density at radius 2 is 1.84 bits per heavy atom. The zero-order chi connectivity index (χ0) is 26.6. The van der Waals surface area contributed by atoms with Gasteiger partial charge in [0.25, 0.3) is 0 Å². The van der Waals surface area contributed by atoms with E-state index >= 15 is 0 Å². The van der Waals surface area contributed by atoms with Gasteiger partial charge in [-0.2, -0.15) is 0 Å². The maximum atomic E-state index is 13.0. The largest absolute Gasteiger partial charge is 0.506 e. The van der Waals surface area contributed by atoms with E-state index in [-0.39, 0.29) is 30.4 Å². The van der Waals surface area contributed by atoms with Crippen molar-refractivity contribution in [1.82, 2.24) is 9.47 Å². The van der Waals surface area contributed by atoms with Gasteiger partial charge in [-0.05, 0) is 62.6 Å². The third kappa shape index (κ3) is 5.51. The predicted octanol–water partition coefficient (Wildman–Crippen LogP) is 6.50. The second-order valence-electron chi connectivity index (χ2n) is 9.12. The van der Waals surface area contributed by atoms with E-state index in [2.05, 4.69) is 4.99 Å². The molecule has 1 fully saturated rings. The topological polar surface area (TPSA) is 84.1 Å². The Hall–Kier alpha value is -3.49. The van der Waals surface area contributed by atoms with Crippen molar-refractivity contribution in [3.63, 3.8) is 0 Å². The van der Waals surface area contributed by atoms with E-state index in [1.807, 2.05) is 46.0 Å². The summed E-state index contributed by atoms with van der Waals surface area (Å²) in [6.45, 7) is 3.74. The number of aliphatic hydroxyl groups is 1. The first-order chi connectivity index (χ1) is 18.4. The Morgan fingerprint density at radius 3 is 2.58 bits per heavy atom. The predicted molar refractivity (Wildman–Crippen MR) is 153 cm³/mol. The number of carbonyl (C=O) groups is 2. The Kier molecular flexibility index (Phi) is 7.90. The minimum Gasteiger partial charge on any atom is -0.506 e. The molecule has 0 atom stereocenters. The zero-order valence-corrected chi connectivity index (χ0v) is 22.6. The Bertz CT molecular complexity index is 1470. The zero-order valence-electron chi connectivity index (χ0n) is 21.0. The average molecular weight is 550 g/mol. The average Bonchev–Trinajstić information content (AvgIpc) is 3.42. The molecule has 0 saturated carbocycles. The molecule has 9 heteroatoms. The Morgan fingerprint density at radius 1 is 1.11 bits per heavy atom. The van der Waals surface area contributed by atoms with Crippen LogP contribution in [0.5, 0.6) is 0 Å². The number of para-hydroxylation sites is 1. The highest BCUT2D eigenvalue weighted by atomic mass is 35.5. The number of hydrogen-bond donors (Lipinski definition) is 1. The van der Waals surface area contributed by atoms with Crippen LogP contribution < -0.4 is 0 Å². The molecule has 2 aromatic carbocycles. The van der Waals surface area contributed by atoms with Gasteiger partial charge in [0.15, 0.2) is 0 Å². The van der Waals surface area contributed by atoms with Crippen LogP contribution in [0, 0.1) is 0 Å². The molecule has 1 saturated heterocycles. The smallest absolute Gasteiger partial charge is 0.344 e. The molecule has 0 unspecified atom stereocenters. The van der Waals surface area contributed by atoms with Crippen LogP contribution in [-0.4, -0.2) is 51.2 Å². The molecule has 3 heterocycles. The molecule has 1 amide bonds. The van der Waals surface area contributed by atoms with Crippen LogP contribution in [0.4, 0.5) is 5.69 Å². The van der Waals surface area contributed by atoms with E-state index in [0.717, 1.165) is 42.4 Å². The second-order valence-corrected chi connectivity index (χ2v) is 10.6. The summed E-state index contributed by atoms with van der Waals surface area (Å²) in [5.41, 5.74) is 2.39. The summed E-state index contributed by atoms with van der Waals surface area (Å²) in [7, 11) is 0. The van der Waals surface area contributed by atoms with Gasteiger partial charge in [0.2, 0.25) is 5.91 Å². The highest BCUT2D eigenvalue weighted by molar-refractivity contribution is 8.18. The summed E-state index contributed by atoms with van der Waals surface area (Å²) in [6, 6.07) is 14.8. The lowest BCUT2D eigenvalue weighted by Gasteiger charge is -2.27. The maximum Gasteiger partial charge on any atom is 0.344 e.